The lowest BCUT2D eigenvalue weighted by Gasteiger charge is -2.24. The Morgan fingerprint density at radius 3 is 2.45 bits per heavy atom. The number of hydrogen-bond acceptors (Lipinski definition) is 4. The lowest BCUT2D eigenvalue weighted by atomic mass is 9.96. The Kier molecular flexibility index (Phi) is 8.15. The van der Waals surface area contributed by atoms with Crippen molar-refractivity contribution in [3.8, 4) is 5.75 Å². The molecule has 0 spiro atoms. The first-order valence-electron chi connectivity index (χ1n) is 9.47. The molecule has 2 aromatic rings. The monoisotopic (exact) mass is 401 g/mol. The van der Waals surface area contributed by atoms with E-state index < -0.39 is 0 Å². The molecule has 1 atom stereocenters. The second-order valence-corrected chi connectivity index (χ2v) is 7.18. The first-order chi connectivity index (χ1) is 13.8. The summed E-state index contributed by atoms with van der Waals surface area (Å²) in [4.78, 5) is 26.0. The first kappa shape index (κ1) is 22.4. The molecule has 0 bridgehead atoms. The molecule has 0 saturated carbocycles. The number of amides is 2. The molecule has 0 unspecified atom stereocenters. The maximum absolute atomic E-state index is 13.2. The molecule has 0 fully saturated rings. The van der Waals surface area contributed by atoms with Gasteiger partial charge in [-0.15, -0.1) is 0 Å². The quantitative estimate of drug-likeness (QED) is 0.677. The number of carbonyl (C=O) groups excluding carboxylic acids is 2. The van der Waals surface area contributed by atoms with Crippen molar-refractivity contribution < 1.29 is 18.7 Å². The molecule has 2 N–H and O–H groups in total. The van der Waals surface area contributed by atoms with Crippen molar-refractivity contribution in [2.45, 2.75) is 19.9 Å². The zero-order valence-electron chi connectivity index (χ0n) is 17.2. The molecule has 0 aliphatic heterocycles. The molecule has 0 radical (unpaired) electrons. The first-order valence-corrected chi connectivity index (χ1v) is 9.47. The van der Waals surface area contributed by atoms with Crippen molar-refractivity contribution in [2.24, 2.45) is 5.92 Å². The van der Waals surface area contributed by atoms with Crippen LogP contribution in [0.2, 0.25) is 0 Å². The van der Waals surface area contributed by atoms with E-state index in [2.05, 4.69) is 10.6 Å². The van der Waals surface area contributed by atoms with E-state index in [-0.39, 0.29) is 42.7 Å². The number of carbonyl (C=O) groups is 2. The summed E-state index contributed by atoms with van der Waals surface area (Å²) in [5.74, 6) is 0.0348. The van der Waals surface area contributed by atoms with Crippen molar-refractivity contribution in [2.75, 3.05) is 32.6 Å². The van der Waals surface area contributed by atoms with E-state index in [4.69, 9.17) is 4.74 Å². The van der Waals surface area contributed by atoms with Crippen LogP contribution in [0.4, 0.5) is 10.1 Å². The van der Waals surface area contributed by atoms with Gasteiger partial charge in [-0.05, 0) is 35.7 Å². The van der Waals surface area contributed by atoms with Gasteiger partial charge in [0.1, 0.15) is 11.6 Å². The van der Waals surface area contributed by atoms with Crippen LogP contribution in [-0.2, 0) is 9.59 Å². The standard InChI is InChI=1S/C22H28FN3O3/c1-15(2)22(16-8-10-17(23)11-9-16)24-13-21(28)26(3)14-20(27)25-18-6-5-7-19(12-18)29-4/h5-12,15,22,24H,13-14H2,1-4H3,(H,25,27)/t22-/m0/s1. The third kappa shape index (κ3) is 6.87. The number of methoxy groups -OCH3 is 1. The van der Waals surface area contributed by atoms with Gasteiger partial charge in [0, 0.05) is 24.8 Å². The average molecular weight is 401 g/mol. The topological polar surface area (TPSA) is 70.7 Å². The molecule has 156 valence electrons. The Bertz CT molecular complexity index is 824. The number of nitrogens with zero attached hydrogens (tertiary/aromatic N) is 1. The second-order valence-electron chi connectivity index (χ2n) is 7.18. The Morgan fingerprint density at radius 1 is 1.14 bits per heavy atom. The van der Waals surface area contributed by atoms with E-state index >= 15 is 0 Å². The summed E-state index contributed by atoms with van der Waals surface area (Å²) in [6.45, 7) is 4.05. The SMILES string of the molecule is COc1cccc(NC(=O)CN(C)C(=O)CN[C@H](c2ccc(F)cc2)C(C)C)c1. The lowest BCUT2D eigenvalue weighted by molar-refractivity contribution is -0.132. The van der Waals surface area contributed by atoms with Gasteiger partial charge in [-0.1, -0.05) is 32.0 Å². The highest BCUT2D eigenvalue weighted by molar-refractivity contribution is 5.94. The van der Waals surface area contributed by atoms with Crippen LogP contribution < -0.4 is 15.4 Å². The molecule has 2 amide bonds. The molecule has 2 rings (SSSR count). The van der Waals surface area contributed by atoms with E-state index in [1.807, 2.05) is 13.8 Å². The molecule has 29 heavy (non-hydrogen) atoms. The van der Waals surface area contributed by atoms with Crippen molar-refractivity contribution in [3.05, 3.63) is 59.9 Å². The van der Waals surface area contributed by atoms with Crippen LogP contribution in [0.5, 0.6) is 5.75 Å². The van der Waals surface area contributed by atoms with Gasteiger partial charge in [0.25, 0.3) is 0 Å². The highest BCUT2D eigenvalue weighted by Crippen LogP contribution is 2.21. The Labute approximate surface area is 171 Å². The van der Waals surface area contributed by atoms with Gasteiger partial charge in [-0.3, -0.25) is 9.59 Å². The van der Waals surface area contributed by atoms with Crippen LogP contribution in [0, 0.1) is 11.7 Å². The van der Waals surface area contributed by atoms with Crippen molar-refractivity contribution in [3.63, 3.8) is 0 Å². The minimum absolute atomic E-state index is 0.0688. The summed E-state index contributed by atoms with van der Waals surface area (Å²) in [5, 5.41) is 5.96. The van der Waals surface area contributed by atoms with Gasteiger partial charge >= 0.3 is 0 Å². The summed E-state index contributed by atoms with van der Waals surface area (Å²) >= 11 is 0. The third-order valence-electron chi connectivity index (χ3n) is 4.53. The molecule has 0 saturated heterocycles. The summed E-state index contributed by atoms with van der Waals surface area (Å²) in [6.07, 6.45) is 0. The van der Waals surface area contributed by atoms with Gasteiger partial charge in [0.15, 0.2) is 0 Å². The van der Waals surface area contributed by atoms with E-state index in [0.717, 1.165) is 5.56 Å². The fraction of sp³-hybridized carbons (Fsp3) is 0.364. The maximum atomic E-state index is 13.2. The number of ether oxygens (including phenoxy) is 1. The molecule has 0 heterocycles. The number of benzene rings is 2. The zero-order chi connectivity index (χ0) is 21.4. The number of hydrogen-bond donors (Lipinski definition) is 2. The zero-order valence-corrected chi connectivity index (χ0v) is 17.2. The second kappa shape index (κ2) is 10.6. The minimum Gasteiger partial charge on any atom is -0.497 e. The van der Waals surface area contributed by atoms with E-state index in [1.54, 1.807) is 50.6 Å². The Hall–Kier alpha value is -2.93. The summed E-state index contributed by atoms with van der Waals surface area (Å²) in [5.41, 5.74) is 1.51. The van der Waals surface area contributed by atoms with Gasteiger partial charge < -0.3 is 20.3 Å². The summed E-state index contributed by atoms with van der Waals surface area (Å²) < 4.78 is 18.3. The third-order valence-corrected chi connectivity index (χ3v) is 4.53. The smallest absolute Gasteiger partial charge is 0.243 e. The van der Waals surface area contributed by atoms with E-state index in [0.29, 0.717) is 11.4 Å². The predicted octanol–water partition coefficient (Wildman–Crippen LogP) is 3.22. The number of anilines is 1. The molecule has 0 aromatic heterocycles. The predicted molar refractivity (Wildman–Crippen MR) is 111 cm³/mol. The molecule has 0 aliphatic carbocycles. The van der Waals surface area contributed by atoms with Gasteiger partial charge in [-0.25, -0.2) is 4.39 Å². The minimum atomic E-state index is -0.298. The molecule has 2 aromatic carbocycles. The normalized spacial score (nSPS) is 11.8. The van der Waals surface area contributed by atoms with Crippen LogP contribution in [0.1, 0.15) is 25.5 Å². The summed E-state index contributed by atoms with van der Waals surface area (Å²) in [6, 6.07) is 13.1. The number of likely N-dealkylation sites (N-methyl/N-ethyl adjacent to an activating group) is 1. The van der Waals surface area contributed by atoms with Crippen LogP contribution in [0.15, 0.2) is 48.5 Å². The summed E-state index contributed by atoms with van der Waals surface area (Å²) in [7, 11) is 3.13. The van der Waals surface area contributed by atoms with Crippen molar-refractivity contribution >= 4 is 17.5 Å². The molecule has 6 nitrogen and oxygen atoms in total. The van der Waals surface area contributed by atoms with Gasteiger partial charge in [0.05, 0.1) is 20.2 Å². The highest BCUT2D eigenvalue weighted by atomic mass is 19.1. The largest absolute Gasteiger partial charge is 0.497 e. The van der Waals surface area contributed by atoms with Gasteiger partial charge in [0.2, 0.25) is 11.8 Å². The number of halogens is 1. The van der Waals surface area contributed by atoms with Crippen LogP contribution in [0.25, 0.3) is 0 Å². The molecule has 0 aliphatic rings. The molecule has 7 heteroatoms. The van der Waals surface area contributed by atoms with E-state index in [1.165, 1.54) is 17.0 Å². The van der Waals surface area contributed by atoms with Crippen LogP contribution in [0.3, 0.4) is 0 Å². The molecular formula is C22H28FN3O3. The average Bonchev–Trinajstić information content (AvgIpc) is 2.69. The fourth-order valence-electron chi connectivity index (χ4n) is 2.95. The lowest BCUT2D eigenvalue weighted by Crippen LogP contribution is -2.41. The Balaban J connectivity index is 1.88. The van der Waals surface area contributed by atoms with Crippen LogP contribution in [-0.4, -0.2) is 44.0 Å². The van der Waals surface area contributed by atoms with Crippen molar-refractivity contribution in [1.29, 1.82) is 0 Å². The van der Waals surface area contributed by atoms with Crippen LogP contribution >= 0.6 is 0 Å². The fourth-order valence-corrected chi connectivity index (χ4v) is 2.95. The molecular weight excluding hydrogens is 373 g/mol. The Morgan fingerprint density at radius 2 is 1.83 bits per heavy atom. The van der Waals surface area contributed by atoms with E-state index in [9.17, 15) is 14.0 Å². The van der Waals surface area contributed by atoms with Crippen molar-refractivity contribution in [1.82, 2.24) is 10.2 Å². The maximum Gasteiger partial charge on any atom is 0.243 e. The highest BCUT2D eigenvalue weighted by Gasteiger charge is 2.19. The van der Waals surface area contributed by atoms with Gasteiger partial charge in [-0.2, -0.15) is 0 Å². The number of nitrogens with one attached hydrogen (secondary N) is 2. The number of rotatable bonds is 9.